The summed E-state index contributed by atoms with van der Waals surface area (Å²) in [7, 11) is -3.64. The van der Waals surface area contributed by atoms with Crippen molar-refractivity contribution in [3.05, 3.63) is 59.7 Å². The largest absolute Gasteiger partial charge is 0.418 e. The fourth-order valence-electron chi connectivity index (χ4n) is 3.08. The van der Waals surface area contributed by atoms with Gasteiger partial charge in [-0.3, -0.25) is 0 Å². The standard InChI is InChI=1S/C18H19F3N2O2S/c1-14-5-4-6-15(13-14)26(24,25)23-11-9-22(10-12-23)17-8-3-2-7-16(17)18(19,20)21/h2-8,13H,9-12H2,1H3. The van der Waals surface area contributed by atoms with E-state index in [0.717, 1.165) is 11.6 Å². The van der Waals surface area contributed by atoms with Crippen LogP contribution < -0.4 is 4.90 Å². The summed E-state index contributed by atoms with van der Waals surface area (Å²) in [4.78, 5) is 1.80. The molecule has 0 spiro atoms. The molecule has 0 amide bonds. The zero-order valence-electron chi connectivity index (χ0n) is 14.2. The number of rotatable bonds is 3. The summed E-state index contributed by atoms with van der Waals surface area (Å²) in [5.41, 5.74) is 0.228. The van der Waals surface area contributed by atoms with Crippen LogP contribution in [0.3, 0.4) is 0 Å². The molecule has 0 N–H and O–H groups in total. The van der Waals surface area contributed by atoms with Crippen molar-refractivity contribution in [3.63, 3.8) is 0 Å². The van der Waals surface area contributed by atoms with Gasteiger partial charge in [-0.05, 0) is 36.8 Å². The molecule has 140 valence electrons. The maximum Gasteiger partial charge on any atom is 0.418 e. The lowest BCUT2D eigenvalue weighted by atomic mass is 10.1. The van der Waals surface area contributed by atoms with E-state index < -0.39 is 21.8 Å². The Bertz CT molecular complexity index is 889. The minimum absolute atomic E-state index is 0.0904. The van der Waals surface area contributed by atoms with Crippen molar-refractivity contribution in [2.24, 2.45) is 0 Å². The Morgan fingerprint density at radius 2 is 1.58 bits per heavy atom. The quantitative estimate of drug-likeness (QED) is 0.813. The minimum Gasteiger partial charge on any atom is -0.368 e. The number of para-hydroxylation sites is 1. The number of nitrogens with zero attached hydrogens (tertiary/aromatic N) is 2. The second kappa shape index (κ2) is 6.92. The van der Waals surface area contributed by atoms with Crippen LogP contribution in [-0.2, 0) is 16.2 Å². The number of sulfonamides is 1. The van der Waals surface area contributed by atoms with Crippen LogP contribution >= 0.6 is 0 Å². The summed E-state index contributed by atoms with van der Waals surface area (Å²) < 4.78 is 66.4. The van der Waals surface area contributed by atoms with Crippen LogP contribution in [0.2, 0.25) is 0 Å². The molecule has 1 heterocycles. The lowest BCUT2D eigenvalue weighted by Crippen LogP contribution is -2.49. The highest BCUT2D eigenvalue weighted by molar-refractivity contribution is 7.89. The number of halogens is 3. The summed E-state index contributed by atoms with van der Waals surface area (Å²) in [6.45, 7) is 2.51. The van der Waals surface area contributed by atoms with Crippen molar-refractivity contribution in [1.29, 1.82) is 0 Å². The van der Waals surface area contributed by atoms with Crippen molar-refractivity contribution in [3.8, 4) is 0 Å². The van der Waals surface area contributed by atoms with Crippen molar-refractivity contribution in [2.45, 2.75) is 18.0 Å². The SMILES string of the molecule is Cc1cccc(S(=O)(=O)N2CCN(c3ccccc3C(F)(F)F)CC2)c1. The number of piperazine rings is 1. The first-order chi connectivity index (χ1) is 12.2. The van der Waals surface area contributed by atoms with E-state index in [4.69, 9.17) is 0 Å². The van der Waals surface area contributed by atoms with Gasteiger partial charge in [0, 0.05) is 31.9 Å². The van der Waals surface area contributed by atoms with E-state index in [0.29, 0.717) is 0 Å². The third kappa shape index (κ3) is 3.71. The van der Waals surface area contributed by atoms with Crippen LogP contribution in [0.5, 0.6) is 0 Å². The van der Waals surface area contributed by atoms with Gasteiger partial charge >= 0.3 is 6.18 Å². The zero-order valence-corrected chi connectivity index (χ0v) is 15.0. The number of hydrogen-bond donors (Lipinski definition) is 0. The van der Waals surface area contributed by atoms with E-state index in [2.05, 4.69) is 0 Å². The van der Waals surface area contributed by atoms with E-state index in [-0.39, 0.29) is 36.8 Å². The van der Waals surface area contributed by atoms with Gasteiger partial charge in [-0.25, -0.2) is 8.42 Å². The molecule has 1 aliphatic heterocycles. The molecule has 1 aliphatic rings. The Kier molecular flexibility index (Phi) is 4.98. The first-order valence-electron chi connectivity index (χ1n) is 8.17. The summed E-state index contributed by atoms with van der Waals surface area (Å²) in [5, 5.41) is 0. The average molecular weight is 384 g/mol. The molecular formula is C18H19F3N2O2S. The second-order valence-corrected chi connectivity index (χ2v) is 8.16. The summed E-state index contributed by atoms with van der Waals surface area (Å²) >= 11 is 0. The number of hydrogen-bond acceptors (Lipinski definition) is 3. The molecule has 4 nitrogen and oxygen atoms in total. The van der Waals surface area contributed by atoms with Crippen LogP contribution in [0.15, 0.2) is 53.4 Å². The van der Waals surface area contributed by atoms with Crippen LogP contribution in [0.4, 0.5) is 18.9 Å². The van der Waals surface area contributed by atoms with E-state index in [1.54, 1.807) is 23.1 Å². The third-order valence-electron chi connectivity index (χ3n) is 4.42. The van der Waals surface area contributed by atoms with Gasteiger partial charge in [0.15, 0.2) is 0 Å². The van der Waals surface area contributed by atoms with Gasteiger partial charge < -0.3 is 4.90 Å². The van der Waals surface area contributed by atoms with Gasteiger partial charge in [0.25, 0.3) is 0 Å². The Hall–Kier alpha value is -2.06. The van der Waals surface area contributed by atoms with Gasteiger partial charge in [0.05, 0.1) is 10.5 Å². The topological polar surface area (TPSA) is 40.6 Å². The average Bonchev–Trinajstić information content (AvgIpc) is 2.61. The van der Waals surface area contributed by atoms with Crippen molar-refractivity contribution in [2.75, 3.05) is 31.1 Å². The van der Waals surface area contributed by atoms with Gasteiger partial charge in [-0.2, -0.15) is 17.5 Å². The highest BCUT2D eigenvalue weighted by Gasteiger charge is 2.36. The summed E-state index contributed by atoms with van der Waals surface area (Å²) in [5.74, 6) is 0. The van der Waals surface area contributed by atoms with Crippen molar-refractivity contribution < 1.29 is 21.6 Å². The Labute approximate surface area is 150 Å². The maximum absolute atomic E-state index is 13.2. The molecule has 0 aromatic heterocycles. The molecular weight excluding hydrogens is 365 g/mol. The molecule has 2 aromatic carbocycles. The number of alkyl halides is 3. The van der Waals surface area contributed by atoms with Gasteiger partial charge in [-0.15, -0.1) is 0 Å². The molecule has 0 radical (unpaired) electrons. The molecule has 1 fully saturated rings. The van der Waals surface area contributed by atoms with E-state index in [1.165, 1.54) is 22.5 Å². The Morgan fingerprint density at radius 1 is 0.923 bits per heavy atom. The molecule has 8 heteroatoms. The second-order valence-electron chi connectivity index (χ2n) is 6.22. The predicted octanol–water partition coefficient (Wildman–Crippen LogP) is 3.52. The highest BCUT2D eigenvalue weighted by Crippen LogP contribution is 2.36. The molecule has 0 unspecified atom stereocenters. The fourth-order valence-corrected chi connectivity index (χ4v) is 4.61. The number of aryl methyl sites for hydroxylation is 1. The van der Waals surface area contributed by atoms with Crippen LogP contribution in [0, 0.1) is 6.92 Å². The van der Waals surface area contributed by atoms with Crippen molar-refractivity contribution >= 4 is 15.7 Å². The summed E-state index contributed by atoms with van der Waals surface area (Å²) in [6.07, 6.45) is -4.44. The first kappa shape index (κ1) is 18.7. The molecule has 0 aliphatic carbocycles. The smallest absolute Gasteiger partial charge is 0.368 e. The Morgan fingerprint density at radius 3 is 2.19 bits per heavy atom. The lowest BCUT2D eigenvalue weighted by molar-refractivity contribution is -0.137. The predicted molar refractivity (Wildman–Crippen MR) is 93.6 cm³/mol. The molecule has 26 heavy (non-hydrogen) atoms. The van der Waals surface area contributed by atoms with Crippen molar-refractivity contribution in [1.82, 2.24) is 4.31 Å². The van der Waals surface area contributed by atoms with Crippen LogP contribution in [0.25, 0.3) is 0 Å². The monoisotopic (exact) mass is 384 g/mol. The lowest BCUT2D eigenvalue weighted by Gasteiger charge is -2.36. The highest BCUT2D eigenvalue weighted by atomic mass is 32.2. The Balaban J connectivity index is 1.78. The van der Waals surface area contributed by atoms with Crippen LogP contribution in [-0.4, -0.2) is 38.9 Å². The van der Waals surface area contributed by atoms with Gasteiger partial charge in [0.1, 0.15) is 0 Å². The number of benzene rings is 2. The van der Waals surface area contributed by atoms with Gasteiger partial charge in [0.2, 0.25) is 10.0 Å². The third-order valence-corrected chi connectivity index (χ3v) is 6.31. The van der Waals surface area contributed by atoms with E-state index in [9.17, 15) is 21.6 Å². The normalized spacial score (nSPS) is 16.7. The molecule has 3 rings (SSSR count). The number of anilines is 1. The zero-order chi connectivity index (χ0) is 18.9. The van der Waals surface area contributed by atoms with Gasteiger partial charge in [-0.1, -0.05) is 24.3 Å². The molecule has 0 atom stereocenters. The van der Waals surface area contributed by atoms with Crippen LogP contribution in [0.1, 0.15) is 11.1 Å². The molecule has 0 saturated carbocycles. The molecule has 0 bridgehead atoms. The molecule has 1 saturated heterocycles. The maximum atomic E-state index is 13.2. The van der Waals surface area contributed by atoms with E-state index in [1.807, 2.05) is 13.0 Å². The molecule has 2 aromatic rings. The van der Waals surface area contributed by atoms with E-state index >= 15 is 0 Å². The minimum atomic E-state index is -4.44. The first-order valence-corrected chi connectivity index (χ1v) is 9.61. The fraction of sp³-hybridized carbons (Fsp3) is 0.333. The summed E-state index contributed by atoms with van der Waals surface area (Å²) in [6, 6.07) is 12.0.